The first-order chi connectivity index (χ1) is 10.2. The maximum absolute atomic E-state index is 13.3. The lowest BCUT2D eigenvalue weighted by Crippen LogP contribution is -2.72. The van der Waals surface area contributed by atoms with Crippen LogP contribution in [0.2, 0.25) is 0 Å². The number of hydrogen-bond acceptors (Lipinski definition) is 5. The molecule has 1 aliphatic heterocycles. The van der Waals surface area contributed by atoms with Gasteiger partial charge in [-0.3, -0.25) is 4.79 Å². The molecule has 3 unspecified atom stereocenters. The Morgan fingerprint density at radius 2 is 2.27 bits per heavy atom. The van der Waals surface area contributed by atoms with Crippen LogP contribution < -0.4 is 10.6 Å². The molecule has 1 fully saturated rings. The van der Waals surface area contributed by atoms with Crippen LogP contribution in [0, 0.1) is 5.92 Å². The van der Waals surface area contributed by atoms with Crippen molar-refractivity contribution in [2.75, 3.05) is 6.61 Å². The minimum absolute atomic E-state index is 0.0181. The Balaban J connectivity index is 2.51. The number of hydrogen-bond donors (Lipinski definition) is 3. The minimum atomic E-state index is -5.17. The number of aliphatic hydroxyl groups is 1. The number of alkyl halides is 3. The lowest BCUT2D eigenvalue weighted by molar-refractivity contribution is -0.292. The third-order valence-electron chi connectivity index (χ3n) is 3.20. The summed E-state index contributed by atoms with van der Waals surface area (Å²) in [7, 11) is 0. The number of carbonyl (C=O) groups excluding carboxylic acids is 1. The summed E-state index contributed by atoms with van der Waals surface area (Å²) in [6.45, 7) is 1.30. The van der Waals surface area contributed by atoms with E-state index in [1.807, 2.05) is 0 Å². The van der Waals surface area contributed by atoms with Gasteiger partial charge in [0.15, 0.2) is 5.11 Å². The molecule has 0 radical (unpaired) electrons. The molecule has 1 aliphatic rings. The summed E-state index contributed by atoms with van der Waals surface area (Å²) >= 11 is 4.70. The van der Waals surface area contributed by atoms with Crippen molar-refractivity contribution < 1.29 is 32.2 Å². The van der Waals surface area contributed by atoms with E-state index in [2.05, 4.69) is 10.1 Å². The van der Waals surface area contributed by atoms with E-state index in [4.69, 9.17) is 16.6 Å². The van der Waals surface area contributed by atoms with Crippen molar-refractivity contribution in [3.8, 4) is 0 Å². The van der Waals surface area contributed by atoms with Gasteiger partial charge in [-0.2, -0.15) is 13.2 Å². The van der Waals surface area contributed by atoms with E-state index in [9.17, 15) is 23.1 Å². The lowest BCUT2D eigenvalue weighted by atomic mass is 9.84. The zero-order chi connectivity index (χ0) is 16.5. The van der Waals surface area contributed by atoms with Crippen molar-refractivity contribution >= 4 is 23.3 Å². The van der Waals surface area contributed by atoms with Gasteiger partial charge in [-0.1, -0.05) is 0 Å². The van der Waals surface area contributed by atoms with E-state index in [0.717, 1.165) is 0 Å². The average Bonchev–Trinajstić information content (AvgIpc) is 2.90. The molecule has 1 aromatic rings. The number of esters is 1. The fourth-order valence-electron chi connectivity index (χ4n) is 2.24. The highest BCUT2D eigenvalue weighted by Gasteiger charge is 2.67. The predicted molar refractivity (Wildman–Crippen MR) is 71.4 cm³/mol. The topological polar surface area (TPSA) is 83.7 Å². The molecule has 0 aliphatic carbocycles. The number of furan rings is 1. The van der Waals surface area contributed by atoms with Crippen LogP contribution in [0.5, 0.6) is 0 Å². The van der Waals surface area contributed by atoms with Crippen LogP contribution in [0.1, 0.15) is 18.7 Å². The van der Waals surface area contributed by atoms with Crippen LogP contribution in [-0.2, 0) is 9.53 Å². The van der Waals surface area contributed by atoms with Gasteiger partial charge in [0.05, 0.1) is 12.9 Å². The first kappa shape index (κ1) is 16.6. The predicted octanol–water partition coefficient (Wildman–Crippen LogP) is 1.23. The van der Waals surface area contributed by atoms with Crippen molar-refractivity contribution in [1.29, 1.82) is 0 Å². The molecule has 1 aromatic heterocycles. The molecule has 22 heavy (non-hydrogen) atoms. The Bertz CT molecular complexity index is 563. The fourth-order valence-corrected chi connectivity index (χ4v) is 2.52. The van der Waals surface area contributed by atoms with Crippen molar-refractivity contribution in [2.45, 2.75) is 24.9 Å². The van der Waals surface area contributed by atoms with E-state index in [1.54, 1.807) is 5.32 Å². The van der Waals surface area contributed by atoms with Crippen molar-refractivity contribution in [3.63, 3.8) is 0 Å². The number of nitrogens with one attached hydrogen (secondary N) is 2. The molecule has 10 heteroatoms. The van der Waals surface area contributed by atoms with Gasteiger partial charge in [0.2, 0.25) is 0 Å². The molecule has 0 spiro atoms. The second-order valence-electron chi connectivity index (χ2n) is 4.59. The smallest absolute Gasteiger partial charge is 0.437 e. The molecule has 122 valence electrons. The molecule has 6 nitrogen and oxygen atoms in total. The van der Waals surface area contributed by atoms with Gasteiger partial charge in [-0.15, -0.1) is 0 Å². The van der Waals surface area contributed by atoms with Gasteiger partial charge in [0.25, 0.3) is 5.72 Å². The number of rotatable bonds is 3. The molecule has 0 aromatic carbocycles. The van der Waals surface area contributed by atoms with Gasteiger partial charge < -0.3 is 24.9 Å². The highest BCUT2D eigenvalue weighted by Crippen LogP contribution is 2.43. The molecule has 0 amide bonds. The molecular formula is C12H13F3N2O4S. The molecule has 0 saturated carbocycles. The van der Waals surface area contributed by atoms with Crippen molar-refractivity contribution in [3.05, 3.63) is 24.2 Å². The molecule has 3 N–H and O–H groups in total. The van der Waals surface area contributed by atoms with E-state index in [0.29, 0.717) is 0 Å². The second-order valence-corrected chi connectivity index (χ2v) is 4.99. The molecule has 3 atom stereocenters. The molecule has 2 heterocycles. The van der Waals surface area contributed by atoms with Gasteiger partial charge in [-0.25, -0.2) is 0 Å². The Labute approximate surface area is 128 Å². The highest BCUT2D eigenvalue weighted by molar-refractivity contribution is 7.80. The zero-order valence-corrected chi connectivity index (χ0v) is 12.1. The summed E-state index contributed by atoms with van der Waals surface area (Å²) in [6, 6.07) is 1.49. The largest absolute Gasteiger partial charge is 0.467 e. The van der Waals surface area contributed by atoms with Crippen molar-refractivity contribution in [1.82, 2.24) is 10.6 Å². The normalized spacial score (nSPS) is 28.7. The quantitative estimate of drug-likeness (QED) is 0.565. The number of thiocarbonyl (C=S) groups is 1. The Morgan fingerprint density at radius 1 is 1.59 bits per heavy atom. The summed E-state index contributed by atoms with van der Waals surface area (Å²) in [5, 5.41) is 13.9. The monoisotopic (exact) mass is 338 g/mol. The van der Waals surface area contributed by atoms with Gasteiger partial charge in [0.1, 0.15) is 17.7 Å². The van der Waals surface area contributed by atoms with Gasteiger partial charge >= 0.3 is 12.1 Å². The Hall–Kier alpha value is -1.81. The minimum Gasteiger partial charge on any atom is -0.467 e. The van der Waals surface area contributed by atoms with Crippen molar-refractivity contribution in [2.24, 2.45) is 5.92 Å². The summed E-state index contributed by atoms with van der Waals surface area (Å²) < 4.78 is 49.7. The summed E-state index contributed by atoms with van der Waals surface area (Å²) in [5.41, 5.74) is -3.57. The van der Waals surface area contributed by atoms with Crippen LogP contribution in [0.3, 0.4) is 0 Å². The molecule has 1 saturated heterocycles. The van der Waals surface area contributed by atoms with Crippen LogP contribution in [0.25, 0.3) is 0 Å². The second kappa shape index (κ2) is 5.76. The molecular weight excluding hydrogens is 325 g/mol. The first-order valence-electron chi connectivity index (χ1n) is 6.28. The van der Waals surface area contributed by atoms with E-state index >= 15 is 0 Å². The van der Waals surface area contributed by atoms with Crippen LogP contribution >= 0.6 is 12.2 Å². The van der Waals surface area contributed by atoms with E-state index in [-0.39, 0.29) is 12.4 Å². The van der Waals surface area contributed by atoms with Crippen LogP contribution in [-0.4, -0.2) is 34.7 Å². The number of halogens is 3. The first-order valence-corrected chi connectivity index (χ1v) is 6.69. The Morgan fingerprint density at radius 3 is 2.77 bits per heavy atom. The molecule has 2 rings (SSSR count). The zero-order valence-electron chi connectivity index (χ0n) is 11.3. The Kier molecular flexibility index (Phi) is 4.34. The van der Waals surface area contributed by atoms with E-state index in [1.165, 1.54) is 25.3 Å². The fraction of sp³-hybridized carbons (Fsp3) is 0.500. The summed E-state index contributed by atoms with van der Waals surface area (Å²) in [4.78, 5) is 12.0. The number of ether oxygens (including phenoxy) is 1. The highest BCUT2D eigenvalue weighted by atomic mass is 32.1. The third kappa shape index (κ3) is 2.75. The van der Waals surface area contributed by atoms with E-state index < -0.39 is 34.9 Å². The van der Waals surface area contributed by atoms with Crippen LogP contribution in [0.4, 0.5) is 13.2 Å². The number of carbonyl (C=O) groups is 1. The van der Waals surface area contributed by atoms with Crippen LogP contribution in [0.15, 0.2) is 22.8 Å². The van der Waals surface area contributed by atoms with Gasteiger partial charge in [-0.05, 0) is 31.3 Å². The molecule has 0 bridgehead atoms. The van der Waals surface area contributed by atoms with Gasteiger partial charge in [0, 0.05) is 0 Å². The average molecular weight is 338 g/mol. The maximum Gasteiger partial charge on any atom is 0.437 e. The SMILES string of the molecule is CCOC(=O)C1C(c2ccco2)NC(=S)NC1(O)C(F)(F)F. The summed E-state index contributed by atoms with van der Waals surface area (Å²) in [5.74, 6) is -3.25. The third-order valence-corrected chi connectivity index (χ3v) is 3.42. The maximum atomic E-state index is 13.3. The summed E-state index contributed by atoms with van der Waals surface area (Å²) in [6.07, 6.45) is -3.93. The lowest BCUT2D eigenvalue weighted by Gasteiger charge is -2.44. The standard InChI is InChI=1S/C12H13F3N2O4S/c1-2-20-9(18)7-8(6-4-3-5-21-6)16-10(22)17-11(7,19)12(13,14)15/h3-5,7-8,19H,2H2,1H3,(H2,16,17,22).